The topological polar surface area (TPSA) is 69.3 Å². The molecular formula is C18H19N3O3S. The molecule has 25 heavy (non-hydrogen) atoms. The smallest absolute Gasteiger partial charge is 0.287 e. The van der Waals surface area contributed by atoms with E-state index in [-0.39, 0.29) is 5.91 Å². The number of furan rings is 1. The van der Waals surface area contributed by atoms with Crippen LogP contribution in [0.1, 0.15) is 16.3 Å². The van der Waals surface area contributed by atoms with E-state index in [2.05, 4.69) is 10.3 Å². The van der Waals surface area contributed by atoms with E-state index in [4.69, 9.17) is 9.15 Å². The number of para-hydroxylation sites is 1. The first kappa shape index (κ1) is 17.2. The Morgan fingerprint density at radius 2 is 2.12 bits per heavy atom. The molecule has 1 aromatic carbocycles. The van der Waals surface area contributed by atoms with E-state index in [9.17, 15) is 4.79 Å². The fourth-order valence-electron chi connectivity index (χ4n) is 2.14. The second-order valence-corrected chi connectivity index (χ2v) is 6.24. The molecule has 0 saturated carbocycles. The number of hydrogen-bond acceptors (Lipinski definition) is 5. The van der Waals surface area contributed by atoms with Gasteiger partial charge in [0.2, 0.25) is 0 Å². The lowest BCUT2D eigenvalue weighted by Crippen LogP contribution is -2.27. The third kappa shape index (κ3) is 4.90. The molecule has 130 valence electrons. The lowest BCUT2D eigenvalue weighted by molar-refractivity contribution is 0.0918. The summed E-state index contributed by atoms with van der Waals surface area (Å²) < 4.78 is 13.1. The third-order valence-electron chi connectivity index (χ3n) is 3.41. The summed E-state index contributed by atoms with van der Waals surface area (Å²) in [6.07, 6.45) is 3.64. The summed E-state index contributed by atoms with van der Waals surface area (Å²) in [5.74, 6) is 2.19. The zero-order valence-corrected chi connectivity index (χ0v) is 14.7. The van der Waals surface area contributed by atoms with Crippen molar-refractivity contribution in [2.45, 2.75) is 10.9 Å². The maximum atomic E-state index is 12.1. The SMILES string of the molecule is Cn1ccnc1SCc1ccc(C(=O)NCCOc2ccccc2)o1. The Hall–Kier alpha value is -2.67. The van der Waals surface area contributed by atoms with Gasteiger partial charge in [-0.1, -0.05) is 30.0 Å². The summed E-state index contributed by atoms with van der Waals surface area (Å²) in [6, 6.07) is 13.0. The quantitative estimate of drug-likeness (QED) is 0.495. The summed E-state index contributed by atoms with van der Waals surface area (Å²) in [4.78, 5) is 16.3. The van der Waals surface area contributed by atoms with E-state index in [1.54, 1.807) is 24.0 Å². The van der Waals surface area contributed by atoms with Gasteiger partial charge < -0.3 is 19.0 Å². The fourth-order valence-corrected chi connectivity index (χ4v) is 2.97. The molecular weight excluding hydrogens is 338 g/mol. The Morgan fingerprint density at radius 1 is 1.28 bits per heavy atom. The van der Waals surface area contributed by atoms with Crippen LogP contribution in [-0.2, 0) is 12.8 Å². The Morgan fingerprint density at radius 3 is 2.88 bits per heavy atom. The van der Waals surface area contributed by atoms with Crippen LogP contribution in [0.3, 0.4) is 0 Å². The minimum atomic E-state index is -0.245. The molecule has 6 nitrogen and oxygen atoms in total. The van der Waals surface area contributed by atoms with E-state index < -0.39 is 0 Å². The minimum absolute atomic E-state index is 0.245. The first-order valence-corrected chi connectivity index (χ1v) is 8.86. The highest BCUT2D eigenvalue weighted by atomic mass is 32.2. The number of carbonyl (C=O) groups excluding carboxylic acids is 1. The first-order chi connectivity index (χ1) is 12.2. The van der Waals surface area contributed by atoms with Crippen molar-refractivity contribution >= 4 is 17.7 Å². The summed E-state index contributed by atoms with van der Waals surface area (Å²) in [6.45, 7) is 0.810. The van der Waals surface area contributed by atoms with Crippen LogP contribution in [0.15, 0.2) is 64.4 Å². The number of ether oxygens (including phenoxy) is 1. The molecule has 0 spiro atoms. The summed E-state index contributed by atoms with van der Waals surface area (Å²) in [7, 11) is 1.94. The van der Waals surface area contributed by atoms with Gasteiger partial charge in [-0.05, 0) is 24.3 Å². The van der Waals surface area contributed by atoms with E-state index in [0.717, 1.165) is 16.7 Å². The van der Waals surface area contributed by atoms with Crippen molar-refractivity contribution in [2.75, 3.05) is 13.2 Å². The fraction of sp³-hybridized carbons (Fsp3) is 0.222. The molecule has 2 aromatic heterocycles. The van der Waals surface area contributed by atoms with Gasteiger partial charge in [-0.15, -0.1) is 0 Å². The molecule has 0 bridgehead atoms. The van der Waals surface area contributed by atoms with Crippen molar-refractivity contribution in [3.63, 3.8) is 0 Å². The molecule has 0 atom stereocenters. The van der Waals surface area contributed by atoms with Gasteiger partial charge in [0, 0.05) is 19.4 Å². The van der Waals surface area contributed by atoms with Gasteiger partial charge in [0.05, 0.1) is 12.3 Å². The Labute approximate surface area is 150 Å². The average molecular weight is 357 g/mol. The third-order valence-corrected chi connectivity index (χ3v) is 4.49. The highest BCUT2D eigenvalue weighted by molar-refractivity contribution is 7.98. The number of carbonyl (C=O) groups is 1. The van der Waals surface area contributed by atoms with Gasteiger partial charge in [0.1, 0.15) is 18.1 Å². The summed E-state index contributed by atoms with van der Waals surface area (Å²) >= 11 is 1.56. The van der Waals surface area contributed by atoms with Crippen molar-refractivity contribution in [1.82, 2.24) is 14.9 Å². The molecule has 1 amide bonds. The number of amides is 1. The maximum Gasteiger partial charge on any atom is 0.287 e. The predicted molar refractivity (Wildman–Crippen MR) is 95.7 cm³/mol. The molecule has 0 radical (unpaired) electrons. The van der Waals surface area contributed by atoms with Gasteiger partial charge >= 0.3 is 0 Å². The molecule has 7 heteroatoms. The van der Waals surface area contributed by atoms with E-state index >= 15 is 0 Å². The first-order valence-electron chi connectivity index (χ1n) is 7.87. The normalized spacial score (nSPS) is 10.6. The molecule has 0 aliphatic rings. The number of nitrogens with one attached hydrogen (secondary N) is 1. The number of imidazole rings is 1. The number of rotatable bonds is 8. The number of thioether (sulfide) groups is 1. The van der Waals surface area contributed by atoms with Crippen molar-refractivity contribution < 1.29 is 13.9 Å². The zero-order valence-electron chi connectivity index (χ0n) is 13.8. The highest BCUT2D eigenvalue weighted by Gasteiger charge is 2.11. The van der Waals surface area contributed by atoms with Crippen LogP contribution < -0.4 is 10.1 Å². The lowest BCUT2D eigenvalue weighted by atomic mass is 10.3. The average Bonchev–Trinajstić information content (AvgIpc) is 3.26. The van der Waals surface area contributed by atoms with E-state index in [0.29, 0.717) is 24.7 Å². The number of hydrogen-bond donors (Lipinski definition) is 1. The molecule has 0 saturated heterocycles. The van der Waals surface area contributed by atoms with Crippen LogP contribution in [-0.4, -0.2) is 28.6 Å². The number of nitrogens with zero attached hydrogens (tertiary/aromatic N) is 2. The van der Waals surface area contributed by atoms with Gasteiger partial charge in [-0.3, -0.25) is 4.79 Å². The van der Waals surface area contributed by atoms with Gasteiger partial charge in [-0.2, -0.15) is 0 Å². The number of aryl methyl sites for hydroxylation is 1. The molecule has 0 fully saturated rings. The highest BCUT2D eigenvalue weighted by Crippen LogP contribution is 2.21. The van der Waals surface area contributed by atoms with Crippen molar-refractivity contribution in [2.24, 2.45) is 7.05 Å². The molecule has 3 aromatic rings. The van der Waals surface area contributed by atoms with Crippen molar-refractivity contribution in [3.8, 4) is 5.75 Å². The zero-order chi connectivity index (χ0) is 17.5. The van der Waals surface area contributed by atoms with Crippen LogP contribution in [0.25, 0.3) is 0 Å². The number of aromatic nitrogens is 2. The second-order valence-electron chi connectivity index (χ2n) is 5.29. The Kier molecular flexibility index (Phi) is 5.79. The van der Waals surface area contributed by atoms with Crippen molar-refractivity contribution in [1.29, 1.82) is 0 Å². The standard InChI is InChI=1S/C18H19N3O3S/c1-21-11-9-20-18(21)25-13-15-7-8-16(24-15)17(22)19-10-12-23-14-5-3-2-4-6-14/h2-9,11H,10,12-13H2,1H3,(H,19,22). The largest absolute Gasteiger partial charge is 0.492 e. The van der Waals surface area contributed by atoms with Gasteiger partial charge in [-0.25, -0.2) is 4.98 Å². The van der Waals surface area contributed by atoms with Crippen LogP contribution in [0.4, 0.5) is 0 Å². The number of benzene rings is 1. The molecule has 2 heterocycles. The minimum Gasteiger partial charge on any atom is -0.492 e. The van der Waals surface area contributed by atoms with Crippen LogP contribution in [0.2, 0.25) is 0 Å². The van der Waals surface area contributed by atoms with E-state index in [1.165, 1.54) is 0 Å². The maximum absolute atomic E-state index is 12.1. The van der Waals surface area contributed by atoms with E-state index in [1.807, 2.05) is 54.2 Å². The molecule has 1 N–H and O–H groups in total. The molecule has 0 unspecified atom stereocenters. The Balaban J connectivity index is 1.42. The molecule has 0 aliphatic heterocycles. The second kappa shape index (κ2) is 8.43. The van der Waals surface area contributed by atoms with Gasteiger partial charge in [0.15, 0.2) is 10.9 Å². The van der Waals surface area contributed by atoms with Crippen molar-refractivity contribution in [3.05, 3.63) is 66.4 Å². The van der Waals surface area contributed by atoms with Crippen LogP contribution in [0, 0.1) is 0 Å². The monoisotopic (exact) mass is 357 g/mol. The van der Waals surface area contributed by atoms with Gasteiger partial charge in [0.25, 0.3) is 5.91 Å². The lowest BCUT2D eigenvalue weighted by Gasteiger charge is -2.06. The molecule has 3 rings (SSSR count). The Bertz CT molecular complexity index is 814. The predicted octanol–water partition coefficient (Wildman–Crippen LogP) is 3.11. The van der Waals surface area contributed by atoms with Crippen LogP contribution >= 0.6 is 11.8 Å². The molecule has 0 aliphatic carbocycles. The summed E-state index contributed by atoms with van der Waals surface area (Å²) in [5, 5.41) is 3.68. The summed E-state index contributed by atoms with van der Waals surface area (Å²) in [5.41, 5.74) is 0. The van der Waals surface area contributed by atoms with Crippen LogP contribution in [0.5, 0.6) is 5.75 Å².